The number of carbonyl (C=O) groups excluding carboxylic acids is 3. The van der Waals surface area contributed by atoms with E-state index in [1.807, 2.05) is 6.92 Å². The molecule has 7 heteroatoms. The highest BCUT2D eigenvalue weighted by atomic mass is 35.5. The minimum atomic E-state index is -0.473. The summed E-state index contributed by atoms with van der Waals surface area (Å²) in [6, 6.07) is 9.62. The van der Waals surface area contributed by atoms with Crippen LogP contribution in [-0.2, 0) is 4.79 Å². The van der Waals surface area contributed by atoms with Gasteiger partial charge >= 0.3 is 0 Å². The molecular formula is C17H13ClN2O4. The van der Waals surface area contributed by atoms with Crippen molar-refractivity contribution in [3.63, 3.8) is 0 Å². The first kappa shape index (κ1) is 16.0. The number of halogens is 1. The van der Waals surface area contributed by atoms with Crippen LogP contribution in [-0.4, -0.2) is 24.3 Å². The number of benzene rings is 2. The largest absolute Gasteiger partial charge is 0.483 e. The van der Waals surface area contributed by atoms with Gasteiger partial charge in [0.1, 0.15) is 5.75 Å². The van der Waals surface area contributed by atoms with Gasteiger partial charge in [0.2, 0.25) is 0 Å². The fraction of sp³-hybridized carbons (Fsp3) is 0.118. The predicted molar refractivity (Wildman–Crippen MR) is 88.6 cm³/mol. The Morgan fingerprint density at radius 3 is 2.62 bits per heavy atom. The lowest BCUT2D eigenvalue weighted by molar-refractivity contribution is -0.118. The molecule has 0 saturated carbocycles. The molecule has 0 fully saturated rings. The van der Waals surface area contributed by atoms with E-state index >= 15 is 0 Å². The molecule has 2 aromatic rings. The summed E-state index contributed by atoms with van der Waals surface area (Å²) in [5.74, 6) is -0.726. The summed E-state index contributed by atoms with van der Waals surface area (Å²) in [7, 11) is 0. The first-order chi connectivity index (χ1) is 11.4. The third-order valence-electron chi connectivity index (χ3n) is 3.52. The Morgan fingerprint density at radius 2 is 1.88 bits per heavy atom. The summed E-state index contributed by atoms with van der Waals surface area (Å²) >= 11 is 5.86. The van der Waals surface area contributed by atoms with Crippen LogP contribution in [0, 0.1) is 6.92 Å². The van der Waals surface area contributed by atoms with Gasteiger partial charge in [-0.3, -0.25) is 19.7 Å². The molecule has 0 spiro atoms. The predicted octanol–water partition coefficient (Wildman–Crippen LogP) is 2.55. The first-order valence-corrected chi connectivity index (χ1v) is 7.50. The molecule has 122 valence electrons. The standard InChI is InChI=1S/C17H13ClN2O4/c1-9-6-10(18)2-5-14(9)24-8-15(21)19-11-3-4-12-13(7-11)17(23)20-16(12)22/h2-7H,8H2,1H3,(H,19,21)(H,20,22,23). The number of carbonyl (C=O) groups is 3. The van der Waals surface area contributed by atoms with Crippen LogP contribution in [0.25, 0.3) is 0 Å². The topological polar surface area (TPSA) is 84.5 Å². The zero-order chi connectivity index (χ0) is 17.3. The quantitative estimate of drug-likeness (QED) is 0.835. The summed E-state index contributed by atoms with van der Waals surface area (Å²) in [5.41, 5.74) is 1.78. The molecule has 0 aliphatic carbocycles. The Hall–Kier alpha value is -2.86. The van der Waals surface area contributed by atoms with Gasteiger partial charge in [0, 0.05) is 10.7 Å². The Kier molecular flexibility index (Phi) is 4.22. The van der Waals surface area contributed by atoms with Crippen molar-refractivity contribution in [1.29, 1.82) is 0 Å². The smallest absolute Gasteiger partial charge is 0.262 e. The lowest BCUT2D eigenvalue weighted by Gasteiger charge is -2.10. The summed E-state index contributed by atoms with van der Waals surface area (Å²) in [4.78, 5) is 35.1. The van der Waals surface area contributed by atoms with Gasteiger partial charge in [-0.05, 0) is 48.9 Å². The highest BCUT2D eigenvalue weighted by Crippen LogP contribution is 2.22. The zero-order valence-electron chi connectivity index (χ0n) is 12.7. The molecule has 0 atom stereocenters. The molecule has 0 aromatic heterocycles. The van der Waals surface area contributed by atoms with Crippen molar-refractivity contribution in [1.82, 2.24) is 5.32 Å². The van der Waals surface area contributed by atoms with Crippen LogP contribution in [0.5, 0.6) is 5.75 Å². The number of hydrogen-bond acceptors (Lipinski definition) is 4. The van der Waals surface area contributed by atoms with E-state index in [0.29, 0.717) is 22.0 Å². The van der Waals surface area contributed by atoms with Crippen LogP contribution in [0.2, 0.25) is 5.02 Å². The molecular weight excluding hydrogens is 332 g/mol. The van der Waals surface area contributed by atoms with Gasteiger partial charge in [-0.2, -0.15) is 0 Å². The maximum Gasteiger partial charge on any atom is 0.262 e. The number of ether oxygens (including phenoxy) is 1. The van der Waals surface area contributed by atoms with Crippen LogP contribution in [0.15, 0.2) is 36.4 Å². The number of fused-ring (bicyclic) bond motifs is 1. The third kappa shape index (κ3) is 3.23. The van der Waals surface area contributed by atoms with Gasteiger partial charge < -0.3 is 10.1 Å². The highest BCUT2D eigenvalue weighted by molar-refractivity contribution is 6.30. The van der Waals surface area contributed by atoms with Gasteiger partial charge in [-0.1, -0.05) is 11.6 Å². The molecule has 0 saturated heterocycles. The lowest BCUT2D eigenvalue weighted by atomic mass is 10.1. The molecule has 2 aromatic carbocycles. The number of imide groups is 1. The molecule has 0 unspecified atom stereocenters. The molecule has 1 aliphatic heterocycles. The molecule has 0 bridgehead atoms. The molecule has 6 nitrogen and oxygen atoms in total. The Balaban J connectivity index is 1.64. The minimum Gasteiger partial charge on any atom is -0.483 e. The van der Waals surface area contributed by atoms with E-state index in [4.69, 9.17) is 16.3 Å². The maximum atomic E-state index is 12.0. The van der Waals surface area contributed by atoms with Crippen LogP contribution in [0.4, 0.5) is 5.69 Å². The average molecular weight is 345 g/mol. The highest BCUT2D eigenvalue weighted by Gasteiger charge is 2.26. The summed E-state index contributed by atoms with van der Waals surface area (Å²) in [6.45, 7) is 1.64. The number of aryl methyl sites for hydroxylation is 1. The fourth-order valence-corrected chi connectivity index (χ4v) is 2.59. The Morgan fingerprint density at radius 1 is 1.12 bits per heavy atom. The summed E-state index contributed by atoms with van der Waals surface area (Å²) in [5, 5.41) is 5.41. The van der Waals surface area contributed by atoms with Crippen LogP contribution < -0.4 is 15.4 Å². The second kappa shape index (κ2) is 6.33. The van der Waals surface area contributed by atoms with Crippen molar-refractivity contribution in [2.24, 2.45) is 0 Å². The minimum absolute atomic E-state index is 0.190. The van der Waals surface area contributed by atoms with E-state index in [1.54, 1.807) is 24.3 Å². The molecule has 0 radical (unpaired) electrons. The Labute approximate surface area is 142 Å². The van der Waals surface area contributed by atoms with Gasteiger partial charge in [-0.25, -0.2) is 0 Å². The monoisotopic (exact) mass is 344 g/mol. The van der Waals surface area contributed by atoms with E-state index < -0.39 is 11.8 Å². The van der Waals surface area contributed by atoms with Gasteiger partial charge in [0.15, 0.2) is 6.61 Å². The fourth-order valence-electron chi connectivity index (χ4n) is 2.36. The molecule has 2 N–H and O–H groups in total. The lowest BCUT2D eigenvalue weighted by Crippen LogP contribution is -2.21. The molecule has 1 heterocycles. The summed E-state index contributed by atoms with van der Waals surface area (Å²) in [6.07, 6.45) is 0. The molecule has 3 amide bonds. The second-order valence-electron chi connectivity index (χ2n) is 5.29. The van der Waals surface area contributed by atoms with E-state index in [0.717, 1.165) is 5.56 Å². The SMILES string of the molecule is Cc1cc(Cl)ccc1OCC(=O)Nc1ccc2c(c1)C(=O)NC2=O. The number of amides is 3. The van der Waals surface area contributed by atoms with Crippen LogP contribution in [0.1, 0.15) is 26.3 Å². The average Bonchev–Trinajstić information content (AvgIpc) is 2.81. The van der Waals surface area contributed by atoms with Crippen molar-refractivity contribution in [3.8, 4) is 5.75 Å². The second-order valence-corrected chi connectivity index (χ2v) is 5.73. The zero-order valence-corrected chi connectivity index (χ0v) is 13.4. The summed E-state index contributed by atoms with van der Waals surface area (Å²) < 4.78 is 5.45. The van der Waals surface area contributed by atoms with Crippen LogP contribution in [0.3, 0.4) is 0 Å². The first-order valence-electron chi connectivity index (χ1n) is 7.12. The van der Waals surface area contributed by atoms with Crippen molar-refractivity contribution >= 4 is 35.0 Å². The van der Waals surface area contributed by atoms with Crippen molar-refractivity contribution in [2.45, 2.75) is 6.92 Å². The normalized spacial score (nSPS) is 12.6. The third-order valence-corrected chi connectivity index (χ3v) is 3.75. The Bertz CT molecular complexity index is 864. The van der Waals surface area contributed by atoms with Crippen molar-refractivity contribution in [3.05, 3.63) is 58.1 Å². The van der Waals surface area contributed by atoms with Crippen LogP contribution >= 0.6 is 11.6 Å². The maximum absolute atomic E-state index is 12.0. The number of rotatable bonds is 4. The van der Waals surface area contributed by atoms with Crippen molar-refractivity contribution < 1.29 is 19.1 Å². The van der Waals surface area contributed by atoms with E-state index in [9.17, 15) is 14.4 Å². The van der Waals surface area contributed by atoms with E-state index in [-0.39, 0.29) is 18.1 Å². The van der Waals surface area contributed by atoms with Gasteiger partial charge in [0.25, 0.3) is 17.7 Å². The van der Waals surface area contributed by atoms with E-state index in [1.165, 1.54) is 12.1 Å². The molecule has 1 aliphatic rings. The molecule has 3 rings (SSSR count). The van der Waals surface area contributed by atoms with E-state index in [2.05, 4.69) is 10.6 Å². The number of anilines is 1. The number of hydrogen-bond donors (Lipinski definition) is 2. The van der Waals surface area contributed by atoms with Gasteiger partial charge in [0.05, 0.1) is 11.1 Å². The number of nitrogens with one attached hydrogen (secondary N) is 2. The van der Waals surface area contributed by atoms with Crippen molar-refractivity contribution in [2.75, 3.05) is 11.9 Å². The van der Waals surface area contributed by atoms with Gasteiger partial charge in [-0.15, -0.1) is 0 Å². The molecule has 24 heavy (non-hydrogen) atoms.